The first-order valence-electron chi connectivity index (χ1n) is 10.1. The summed E-state index contributed by atoms with van der Waals surface area (Å²) in [6, 6.07) is 26.3. The number of sulfonamides is 1. The van der Waals surface area contributed by atoms with Crippen LogP contribution in [0, 0.1) is 5.92 Å². The Kier molecular flexibility index (Phi) is 5.97. The molecule has 1 aliphatic rings. The number of anilines is 1. The van der Waals surface area contributed by atoms with Crippen LogP contribution < -0.4 is 5.32 Å². The summed E-state index contributed by atoms with van der Waals surface area (Å²) in [5.74, 6) is -0.250. The van der Waals surface area contributed by atoms with Crippen molar-refractivity contribution in [1.82, 2.24) is 4.31 Å². The van der Waals surface area contributed by atoms with Crippen molar-refractivity contribution >= 4 is 21.6 Å². The first-order chi connectivity index (χ1) is 14.5. The first-order valence-corrected chi connectivity index (χ1v) is 11.5. The fourth-order valence-corrected chi connectivity index (χ4v) is 5.21. The van der Waals surface area contributed by atoms with Gasteiger partial charge in [-0.3, -0.25) is 4.79 Å². The molecule has 154 valence electrons. The molecule has 1 fully saturated rings. The second-order valence-electron chi connectivity index (χ2n) is 7.42. The average Bonchev–Trinajstić information content (AvgIpc) is 2.81. The van der Waals surface area contributed by atoms with E-state index in [-0.39, 0.29) is 11.8 Å². The van der Waals surface area contributed by atoms with Gasteiger partial charge in [-0.1, -0.05) is 60.7 Å². The van der Waals surface area contributed by atoms with E-state index in [1.807, 2.05) is 54.6 Å². The Labute approximate surface area is 177 Å². The van der Waals surface area contributed by atoms with E-state index in [1.54, 1.807) is 30.3 Å². The predicted molar refractivity (Wildman–Crippen MR) is 118 cm³/mol. The second kappa shape index (κ2) is 8.81. The van der Waals surface area contributed by atoms with Crippen LogP contribution >= 0.6 is 0 Å². The van der Waals surface area contributed by atoms with Crippen LogP contribution in [0.25, 0.3) is 11.1 Å². The van der Waals surface area contributed by atoms with Crippen molar-refractivity contribution in [3.8, 4) is 11.1 Å². The molecule has 5 nitrogen and oxygen atoms in total. The van der Waals surface area contributed by atoms with Crippen molar-refractivity contribution in [1.29, 1.82) is 0 Å². The van der Waals surface area contributed by atoms with Gasteiger partial charge in [0.1, 0.15) is 0 Å². The van der Waals surface area contributed by atoms with Crippen LogP contribution in [-0.2, 0) is 14.8 Å². The number of piperidine rings is 1. The number of hydrogen-bond acceptors (Lipinski definition) is 3. The topological polar surface area (TPSA) is 66.5 Å². The standard InChI is InChI=1S/C24H24N2O3S/c27-24(25-22-13-11-20(12-14-22)19-7-3-1-4-8-19)21-15-17-26(18-16-21)30(28,29)23-9-5-2-6-10-23/h1-14,21H,15-18H2,(H,25,27). The molecule has 4 rings (SSSR count). The minimum absolute atomic E-state index is 0.0563. The van der Waals surface area contributed by atoms with Crippen LogP contribution in [0.1, 0.15) is 12.8 Å². The summed E-state index contributed by atoms with van der Waals surface area (Å²) in [7, 11) is -3.50. The molecule has 0 aromatic heterocycles. The van der Waals surface area contributed by atoms with Crippen LogP contribution in [0.4, 0.5) is 5.69 Å². The molecule has 0 saturated carbocycles. The van der Waals surface area contributed by atoms with Crippen LogP contribution in [0.2, 0.25) is 0 Å². The molecule has 0 unspecified atom stereocenters. The molecule has 6 heteroatoms. The van der Waals surface area contributed by atoms with E-state index in [1.165, 1.54) is 4.31 Å². The lowest BCUT2D eigenvalue weighted by atomic mass is 9.97. The van der Waals surface area contributed by atoms with Gasteiger partial charge >= 0.3 is 0 Å². The maximum absolute atomic E-state index is 12.7. The highest BCUT2D eigenvalue weighted by Gasteiger charge is 2.32. The highest BCUT2D eigenvalue weighted by atomic mass is 32.2. The SMILES string of the molecule is O=C(Nc1ccc(-c2ccccc2)cc1)C1CCN(S(=O)(=O)c2ccccc2)CC1. The van der Waals surface area contributed by atoms with Gasteiger partial charge in [-0.2, -0.15) is 4.31 Å². The third-order valence-electron chi connectivity index (χ3n) is 5.47. The Balaban J connectivity index is 1.35. The van der Waals surface area contributed by atoms with E-state index in [2.05, 4.69) is 5.32 Å². The van der Waals surface area contributed by atoms with E-state index in [4.69, 9.17) is 0 Å². The molecule has 0 bridgehead atoms. The molecule has 1 saturated heterocycles. The number of carbonyl (C=O) groups excluding carboxylic acids is 1. The molecular formula is C24H24N2O3S. The number of carbonyl (C=O) groups is 1. The van der Waals surface area contributed by atoms with Gasteiger partial charge < -0.3 is 5.32 Å². The van der Waals surface area contributed by atoms with Gasteiger partial charge in [0.05, 0.1) is 4.90 Å². The molecule has 3 aromatic rings. The Hall–Kier alpha value is -2.96. The van der Waals surface area contributed by atoms with Crippen molar-refractivity contribution in [3.05, 3.63) is 84.9 Å². The van der Waals surface area contributed by atoms with Gasteiger partial charge in [0.25, 0.3) is 0 Å². The van der Waals surface area contributed by atoms with E-state index >= 15 is 0 Å². The highest BCUT2D eigenvalue weighted by Crippen LogP contribution is 2.26. The van der Waals surface area contributed by atoms with Crippen molar-refractivity contribution in [2.24, 2.45) is 5.92 Å². The largest absolute Gasteiger partial charge is 0.326 e. The number of nitrogens with zero attached hydrogens (tertiary/aromatic N) is 1. The zero-order valence-corrected chi connectivity index (χ0v) is 17.4. The van der Waals surface area contributed by atoms with E-state index in [0.717, 1.165) is 16.8 Å². The number of amides is 1. The molecule has 0 radical (unpaired) electrons. The Morgan fingerprint density at radius 3 is 1.90 bits per heavy atom. The molecule has 0 atom stereocenters. The summed E-state index contributed by atoms with van der Waals surface area (Å²) in [4.78, 5) is 13.0. The molecule has 1 amide bonds. The van der Waals surface area contributed by atoms with Crippen LogP contribution in [0.15, 0.2) is 89.8 Å². The van der Waals surface area contributed by atoms with Crippen molar-refractivity contribution in [2.75, 3.05) is 18.4 Å². The van der Waals surface area contributed by atoms with Gasteiger partial charge in [-0.05, 0) is 48.2 Å². The van der Waals surface area contributed by atoms with Crippen LogP contribution in [0.3, 0.4) is 0 Å². The molecule has 1 N–H and O–H groups in total. The fraction of sp³-hybridized carbons (Fsp3) is 0.208. The average molecular weight is 421 g/mol. The maximum Gasteiger partial charge on any atom is 0.243 e. The number of nitrogens with one attached hydrogen (secondary N) is 1. The molecule has 3 aromatic carbocycles. The summed E-state index contributed by atoms with van der Waals surface area (Å²) < 4.78 is 26.9. The highest BCUT2D eigenvalue weighted by molar-refractivity contribution is 7.89. The molecule has 1 aliphatic heterocycles. The smallest absolute Gasteiger partial charge is 0.243 e. The number of rotatable bonds is 5. The molecule has 30 heavy (non-hydrogen) atoms. The number of benzene rings is 3. The molecule has 0 aliphatic carbocycles. The third kappa shape index (κ3) is 4.45. The fourth-order valence-electron chi connectivity index (χ4n) is 3.72. The zero-order chi connectivity index (χ0) is 21.0. The van der Waals surface area contributed by atoms with Crippen molar-refractivity contribution in [3.63, 3.8) is 0 Å². The van der Waals surface area contributed by atoms with Gasteiger partial charge in [0.15, 0.2) is 0 Å². The lowest BCUT2D eigenvalue weighted by molar-refractivity contribution is -0.120. The van der Waals surface area contributed by atoms with Gasteiger partial charge in [0.2, 0.25) is 15.9 Å². The second-order valence-corrected chi connectivity index (χ2v) is 9.36. The molecule has 1 heterocycles. The zero-order valence-electron chi connectivity index (χ0n) is 16.6. The van der Waals surface area contributed by atoms with E-state index in [0.29, 0.717) is 30.8 Å². The minimum atomic E-state index is -3.50. The first kappa shape index (κ1) is 20.3. The summed E-state index contributed by atoms with van der Waals surface area (Å²) in [6.45, 7) is 0.699. The van der Waals surface area contributed by atoms with Crippen molar-refractivity contribution in [2.45, 2.75) is 17.7 Å². The Morgan fingerprint density at radius 2 is 1.30 bits per heavy atom. The predicted octanol–water partition coefficient (Wildman–Crippen LogP) is 4.39. The van der Waals surface area contributed by atoms with Gasteiger partial charge in [0, 0.05) is 24.7 Å². The summed E-state index contributed by atoms with van der Waals surface area (Å²) in [5, 5.41) is 2.97. The van der Waals surface area contributed by atoms with Crippen molar-refractivity contribution < 1.29 is 13.2 Å². The summed E-state index contributed by atoms with van der Waals surface area (Å²) >= 11 is 0. The minimum Gasteiger partial charge on any atom is -0.326 e. The van der Waals surface area contributed by atoms with E-state index in [9.17, 15) is 13.2 Å². The summed E-state index contributed by atoms with van der Waals surface area (Å²) in [5.41, 5.74) is 2.97. The Bertz CT molecular complexity index is 1090. The number of hydrogen-bond donors (Lipinski definition) is 1. The normalized spacial score (nSPS) is 15.6. The Morgan fingerprint density at radius 1 is 0.767 bits per heavy atom. The molecule has 0 spiro atoms. The van der Waals surface area contributed by atoms with Crippen LogP contribution in [0.5, 0.6) is 0 Å². The summed E-state index contributed by atoms with van der Waals surface area (Å²) in [6.07, 6.45) is 1.03. The lowest BCUT2D eigenvalue weighted by Crippen LogP contribution is -2.41. The lowest BCUT2D eigenvalue weighted by Gasteiger charge is -2.30. The van der Waals surface area contributed by atoms with Gasteiger partial charge in [-0.15, -0.1) is 0 Å². The quantitative estimate of drug-likeness (QED) is 0.666. The van der Waals surface area contributed by atoms with Gasteiger partial charge in [-0.25, -0.2) is 8.42 Å². The monoisotopic (exact) mass is 420 g/mol. The van der Waals surface area contributed by atoms with Crippen LogP contribution in [-0.4, -0.2) is 31.7 Å². The third-order valence-corrected chi connectivity index (χ3v) is 7.38. The maximum atomic E-state index is 12.7. The molecular weight excluding hydrogens is 396 g/mol. The van der Waals surface area contributed by atoms with E-state index < -0.39 is 10.0 Å².